The maximum absolute atomic E-state index is 12.2. The molecule has 0 unspecified atom stereocenters. The number of aromatic nitrogens is 3. The number of halogens is 3. The Hall–Kier alpha value is -1.92. The van der Waals surface area contributed by atoms with Crippen molar-refractivity contribution in [3.8, 4) is 0 Å². The molecule has 1 aromatic heterocycles. The van der Waals surface area contributed by atoms with Gasteiger partial charge < -0.3 is 0 Å². The average molecular weight is 229 g/mol. The summed E-state index contributed by atoms with van der Waals surface area (Å²) in [6.45, 7) is 1.70. The highest BCUT2D eigenvalue weighted by Gasteiger charge is 2.41. The molecule has 0 saturated heterocycles. The zero-order valence-electron chi connectivity index (χ0n) is 8.12. The Balaban J connectivity index is 2.62. The lowest BCUT2D eigenvalue weighted by Crippen LogP contribution is -2.29. The Bertz CT molecular complexity index is 559. The summed E-state index contributed by atoms with van der Waals surface area (Å²) in [5, 5.41) is 6.69. The maximum Gasteiger partial charge on any atom is 0.473 e. The molecule has 0 fully saturated rings. The van der Waals surface area contributed by atoms with Gasteiger partial charge in [0, 0.05) is 0 Å². The molecule has 1 heterocycles. The number of carbonyl (C=O) groups excluding carboxylic acids is 1. The molecule has 84 valence electrons. The van der Waals surface area contributed by atoms with Gasteiger partial charge in [-0.3, -0.25) is 4.79 Å². The van der Waals surface area contributed by atoms with Crippen LogP contribution in [-0.4, -0.2) is 27.1 Å². The molecule has 16 heavy (non-hydrogen) atoms. The fourth-order valence-electron chi connectivity index (χ4n) is 1.30. The molecule has 2 aromatic rings. The van der Waals surface area contributed by atoms with E-state index in [1.54, 1.807) is 13.0 Å². The normalized spacial score (nSPS) is 12.0. The van der Waals surface area contributed by atoms with Crippen LogP contribution in [0.5, 0.6) is 0 Å². The first-order valence-electron chi connectivity index (χ1n) is 4.33. The van der Waals surface area contributed by atoms with E-state index in [-0.39, 0.29) is 15.7 Å². The Labute approximate surface area is 87.7 Å². The standard InChI is InChI=1S/C9H6F3N3O/c1-5-2-3-6-7(4-5)15(14-13-6)8(16)9(10,11)12/h2-4H,1H3. The zero-order valence-corrected chi connectivity index (χ0v) is 8.12. The predicted octanol–water partition coefficient (Wildman–Crippen LogP) is 1.94. The SMILES string of the molecule is Cc1ccc2nnn(C(=O)C(F)(F)F)c2c1. The van der Waals surface area contributed by atoms with E-state index in [4.69, 9.17) is 0 Å². The van der Waals surface area contributed by atoms with Crippen LogP contribution in [0.2, 0.25) is 0 Å². The summed E-state index contributed by atoms with van der Waals surface area (Å²) in [5.74, 6) is -2.04. The van der Waals surface area contributed by atoms with E-state index in [0.717, 1.165) is 5.56 Å². The van der Waals surface area contributed by atoms with E-state index in [1.807, 2.05) is 0 Å². The molecule has 4 nitrogen and oxygen atoms in total. The van der Waals surface area contributed by atoms with Gasteiger partial charge in [0.2, 0.25) is 0 Å². The van der Waals surface area contributed by atoms with Gasteiger partial charge in [-0.2, -0.15) is 17.9 Å². The van der Waals surface area contributed by atoms with Gasteiger partial charge in [0.05, 0.1) is 5.52 Å². The monoisotopic (exact) mass is 229 g/mol. The summed E-state index contributed by atoms with van der Waals surface area (Å²) in [4.78, 5) is 11.0. The highest BCUT2D eigenvalue weighted by atomic mass is 19.4. The Morgan fingerprint density at radius 1 is 1.38 bits per heavy atom. The summed E-state index contributed by atoms with van der Waals surface area (Å²) >= 11 is 0. The molecule has 7 heteroatoms. The first-order chi connectivity index (χ1) is 7.39. The molecule has 0 atom stereocenters. The van der Waals surface area contributed by atoms with E-state index in [0.29, 0.717) is 0 Å². The van der Waals surface area contributed by atoms with Crippen LogP contribution in [0.3, 0.4) is 0 Å². The lowest BCUT2D eigenvalue weighted by Gasteiger charge is -2.04. The smallest absolute Gasteiger partial charge is 0.262 e. The number of fused-ring (bicyclic) bond motifs is 1. The molecular formula is C9H6F3N3O. The minimum absolute atomic E-state index is 0.0577. The minimum atomic E-state index is -4.95. The number of benzene rings is 1. The summed E-state index contributed by atoms with van der Waals surface area (Å²) in [7, 11) is 0. The largest absolute Gasteiger partial charge is 0.473 e. The molecule has 1 aromatic carbocycles. The van der Waals surface area contributed by atoms with E-state index in [9.17, 15) is 18.0 Å². The highest BCUT2D eigenvalue weighted by molar-refractivity contribution is 5.92. The van der Waals surface area contributed by atoms with Crippen molar-refractivity contribution in [1.82, 2.24) is 15.0 Å². The molecule has 0 spiro atoms. The Kier molecular flexibility index (Phi) is 2.18. The highest BCUT2D eigenvalue weighted by Crippen LogP contribution is 2.20. The first kappa shape index (κ1) is 10.6. The third-order valence-corrected chi connectivity index (χ3v) is 2.04. The van der Waals surface area contributed by atoms with E-state index in [1.165, 1.54) is 12.1 Å². The maximum atomic E-state index is 12.2. The van der Waals surface area contributed by atoms with Crippen LogP contribution in [0.25, 0.3) is 11.0 Å². The quantitative estimate of drug-likeness (QED) is 0.693. The van der Waals surface area contributed by atoms with Gasteiger partial charge in [-0.05, 0) is 24.6 Å². The van der Waals surface area contributed by atoms with Crippen molar-refractivity contribution >= 4 is 16.9 Å². The Morgan fingerprint density at radius 3 is 2.69 bits per heavy atom. The lowest BCUT2D eigenvalue weighted by molar-refractivity contribution is -0.0953. The van der Waals surface area contributed by atoms with Crippen molar-refractivity contribution in [1.29, 1.82) is 0 Å². The molecule has 0 aliphatic heterocycles. The number of rotatable bonds is 0. The van der Waals surface area contributed by atoms with Crippen molar-refractivity contribution in [2.24, 2.45) is 0 Å². The van der Waals surface area contributed by atoms with E-state index >= 15 is 0 Å². The fraction of sp³-hybridized carbons (Fsp3) is 0.222. The van der Waals surface area contributed by atoms with Crippen LogP contribution in [0.4, 0.5) is 13.2 Å². The summed E-state index contributed by atoms with van der Waals surface area (Å²) in [6, 6.07) is 4.62. The molecule has 0 N–H and O–H groups in total. The molecule has 0 bridgehead atoms. The van der Waals surface area contributed by atoms with Crippen LogP contribution in [-0.2, 0) is 0 Å². The summed E-state index contributed by atoms with van der Waals surface area (Å²) < 4.78 is 36.9. The van der Waals surface area contributed by atoms with Gasteiger partial charge in [-0.15, -0.1) is 5.10 Å². The van der Waals surface area contributed by atoms with Crippen molar-refractivity contribution < 1.29 is 18.0 Å². The van der Waals surface area contributed by atoms with Crippen LogP contribution in [0, 0.1) is 6.92 Å². The molecule has 0 saturated carbocycles. The Morgan fingerprint density at radius 2 is 2.06 bits per heavy atom. The zero-order chi connectivity index (χ0) is 11.9. The predicted molar refractivity (Wildman–Crippen MR) is 48.9 cm³/mol. The van der Waals surface area contributed by atoms with E-state index < -0.39 is 12.1 Å². The average Bonchev–Trinajstić information content (AvgIpc) is 2.57. The van der Waals surface area contributed by atoms with Gasteiger partial charge in [0.25, 0.3) is 0 Å². The number of alkyl halides is 3. The number of hydrogen-bond acceptors (Lipinski definition) is 3. The van der Waals surface area contributed by atoms with E-state index in [2.05, 4.69) is 10.3 Å². The van der Waals surface area contributed by atoms with Crippen LogP contribution in [0.1, 0.15) is 10.4 Å². The summed E-state index contributed by atoms with van der Waals surface area (Å²) in [5.41, 5.74) is 1.04. The second-order valence-corrected chi connectivity index (χ2v) is 3.30. The second-order valence-electron chi connectivity index (χ2n) is 3.30. The molecule has 0 radical (unpaired) electrons. The topological polar surface area (TPSA) is 47.8 Å². The van der Waals surface area contributed by atoms with Crippen molar-refractivity contribution in [2.45, 2.75) is 13.1 Å². The van der Waals surface area contributed by atoms with Crippen molar-refractivity contribution in [3.05, 3.63) is 23.8 Å². The third-order valence-electron chi connectivity index (χ3n) is 2.04. The van der Waals surface area contributed by atoms with Gasteiger partial charge in [-0.25, -0.2) is 0 Å². The number of hydrogen-bond donors (Lipinski definition) is 0. The number of carbonyl (C=O) groups is 1. The first-order valence-corrected chi connectivity index (χ1v) is 4.33. The lowest BCUT2D eigenvalue weighted by atomic mass is 10.2. The van der Waals surface area contributed by atoms with Crippen molar-refractivity contribution in [3.63, 3.8) is 0 Å². The van der Waals surface area contributed by atoms with Crippen LogP contribution >= 0.6 is 0 Å². The fourth-order valence-corrected chi connectivity index (χ4v) is 1.30. The number of aryl methyl sites for hydroxylation is 1. The van der Waals surface area contributed by atoms with Gasteiger partial charge in [0.15, 0.2) is 0 Å². The van der Waals surface area contributed by atoms with Gasteiger partial charge in [-0.1, -0.05) is 11.3 Å². The summed E-state index contributed by atoms with van der Waals surface area (Å²) in [6.07, 6.45) is -4.95. The van der Waals surface area contributed by atoms with Crippen LogP contribution in [0.15, 0.2) is 18.2 Å². The molecule has 0 aliphatic carbocycles. The third kappa shape index (κ3) is 1.64. The number of nitrogens with zero attached hydrogens (tertiary/aromatic N) is 3. The van der Waals surface area contributed by atoms with Gasteiger partial charge in [0.1, 0.15) is 5.52 Å². The second kappa shape index (κ2) is 3.29. The molecular weight excluding hydrogens is 223 g/mol. The molecule has 2 rings (SSSR count). The van der Waals surface area contributed by atoms with Crippen molar-refractivity contribution in [2.75, 3.05) is 0 Å². The molecule has 0 aliphatic rings. The van der Waals surface area contributed by atoms with Gasteiger partial charge >= 0.3 is 12.1 Å². The minimum Gasteiger partial charge on any atom is -0.262 e. The molecule has 0 amide bonds. The van der Waals surface area contributed by atoms with Crippen LogP contribution < -0.4 is 0 Å².